The lowest BCUT2D eigenvalue weighted by Gasteiger charge is -2.46. The average Bonchev–Trinajstić information content (AvgIpc) is 2.42. The molecule has 1 fully saturated rings. The van der Waals surface area contributed by atoms with Crippen LogP contribution >= 0.6 is 0 Å². The van der Waals surface area contributed by atoms with Gasteiger partial charge in [0, 0.05) is 5.69 Å². The third kappa shape index (κ3) is 3.14. The molecule has 0 heterocycles. The molecule has 2 heteroatoms. The standard InChI is InChI=1S/C19H29NO/c1-14-9-10-16(13-15(14)2)20-17(21)19(18(3,4)5)11-7-6-8-12-19/h9-10,13H,6-8,11-12H2,1-5H3,(H,20,21). The van der Waals surface area contributed by atoms with Gasteiger partial charge in [-0.25, -0.2) is 0 Å². The molecule has 0 aliphatic heterocycles. The van der Waals surface area contributed by atoms with E-state index in [4.69, 9.17) is 0 Å². The number of amides is 1. The van der Waals surface area contributed by atoms with Gasteiger partial charge in [-0.15, -0.1) is 0 Å². The molecule has 1 aliphatic rings. The van der Waals surface area contributed by atoms with Gasteiger partial charge >= 0.3 is 0 Å². The molecule has 0 aromatic heterocycles. The summed E-state index contributed by atoms with van der Waals surface area (Å²) in [7, 11) is 0. The van der Waals surface area contributed by atoms with Crippen molar-refractivity contribution >= 4 is 11.6 Å². The van der Waals surface area contributed by atoms with Gasteiger partial charge in [-0.1, -0.05) is 46.1 Å². The van der Waals surface area contributed by atoms with Gasteiger partial charge in [0.1, 0.15) is 0 Å². The first-order valence-corrected chi connectivity index (χ1v) is 8.15. The fourth-order valence-corrected chi connectivity index (χ4v) is 3.54. The number of hydrogen-bond donors (Lipinski definition) is 1. The lowest BCUT2D eigenvalue weighted by atomic mass is 9.59. The molecule has 1 N–H and O–H groups in total. The summed E-state index contributed by atoms with van der Waals surface area (Å²) in [5.74, 6) is 0.206. The quantitative estimate of drug-likeness (QED) is 0.792. The van der Waals surface area contributed by atoms with Crippen molar-refractivity contribution < 1.29 is 4.79 Å². The van der Waals surface area contributed by atoms with E-state index in [2.05, 4.69) is 52.1 Å². The lowest BCUT2D eigenvalue weighted by molar-refractivity contribution is -0.134. The van der Waals surface area contributed by atoms with Crippen LogP contribution in [0.2, 0.25) is 0 Å². The highest BCUT2D eigenvalue weighted by atomic mass is 16.2. The number of anilines is 1. The Bertz CT molecular complexity index is 519. The summed E-state index contributed by atoms with van der Waals surface area (Å²) in [5.41, 5.74) is 3.18. The molecule has 2 rings (SSSR count). The van der Waals surface area contributed by atoms with E-state index in [9.17, 15) is 4.79 Å². The highest BCUT2D eigenvalue weighted by Crippen LogP contribution is 2.50. The molecule has 0 atom stereocenters. The second-order valence-electron chi connectivity index (χ2n) is 7.65. The fraction of sp³-hybridized carbons (Fsp3) is 0.632. The van der Waals surface area contributed by atoms with Crippen molar-refractivity contribution in [3.8, 4) is 0 Å². The number of nitrogens with one attached hydrogen (secondary N) is 1. The number of carbonyl (C=O) groups excluding carboxylic acids is 1. The molecule has 1 aliphatic carbocycles. The second kappa shape index (κ2) is 5.82. The molecule has 1 aromatic carbocycles. The summed E-state index contributed by atoms with van der Waals surface area (Å²) in [6.45, 7) is 10.8. The van der Waals surface area contributed by atoms with Crippen LogP contribution in [0.25, 0.3) is 0 Å². The first-order valence-electron chi connectivity index (χ1n) is 8.15. The van der Waals surface area contributed by atoms with Crippen molar-refractivity contribution in [3.05, 3.63) is 29.3 Å². The van der Waals surface area contributed by atoms with Crippen LogP contribution in [0.5, 0.6) is 0 Å². The predicted octanol–water partition coefficient (Wildman–Crippen LogP) is 5.24. The monoisotopic (exact) mass is 287 g/mol. The van der Waals surface area contributed by atoms with Crippen molar-refractivity contribution in [3.63, 3.8) is 0 Å². The summed E-state index contributed by atoms with van der Waals surface area (Å²) in [6, 6.07) is 6.17. The van der Waals surface area contributed by atoms with Crippen LogP contribution in [0.15, 0.2) is 18.2 Å². The summed E-state index contributed by atoms with van der Waals surface area (Å²) in [5, 5.41) is 3.19. The molecule has 0 spiro atoms. The maximum atomic E-state index is 13.0. The molecule has 116 valence electrons. The lowest BCUT2D eigenvalue weighted by Crippen LogP contribution is -2.47. The van der Waals surface area contributed by atoms with Crippen molar-refractivity contribution in [2.45, 2.75) is 66.7 Å². The molecule has 1 amide bonds. The molecule has 0 unspecified atom stereocenters. The number of aryl methyl sites for hydroxylation is 2. The number of rotatable bonds is 2. The van der Waals surface area contributed by atoms with Crippen LogP contribution in [0.3, 0.4) is 0 Å². The Balaban J connectivity index is 2.25. The van der Waals surface area contributed by atoms with Crippen molar-refractivity contribution in [1.29, 1.82) is 0 Å². The number of hydrogen-bond acceptors (Lipinski definition) is 1. The smallest absolute Gasteiger partial charge is 0.231 e. The molecule has 1 aromatic rings. The van der Waals surface area contributed by atoms with E-state index in [-0.39, 0.29) is 16.7 Å². The van der Waals surface area contributed by atoms with Gasteiger partial charge in [-0.2, -0.15) is 0 Å². The minimum absolute atomic E-state index is 0.00273. The largest absolute Gasteiger partial charge is 0.326 e. The summed E-state index contributed by atoms with van der Waals surface area (Å²) >= 11 is 0. The summed E-state index contributed by atoms with van der Waals surface area (Å²) < 4.78 is 0. The summed E-state index contributed by atoms with van der Waals surface area (Å²) in [4.78, 5) is 13.0. The topological polar surface area (TPSA) is 29.1 Å². The minimum Gasteiger partial charge on any atom is -0.326 e. The second-order valence-corrected chi connectivity index (χ2v) is 7.65. The number of benzene rings is 1. The summed E-state index contributed by atoms with van der Waals surface area (Å²) in [6.07, 6.45) is 5.60. The van der Waals surface area contributed by atoms with E-state index in [0.29, 0.717) is 0 Å². The van der Waals surface area contributed by atoms with Crippen LogP contribution in [-0.4, -0.2) is 5.91 Å². The van der Waals surface area contributed by atoms with Gasteiger partial charge in [0.15, 0.2) is 0 Å². The normalized spacial score (nSPS) is 18.3. The minimum atomic E-state index is -0.232. The third-order valence-corrected chi connectivity index (χ3v) is 5.34. The van der Waals surface area contributed by atoms with Gasteiger partial charge < -0.3 is 5.32 Å². The zero-order chi connectivity index (χ0) is 15.7. The molecule has 21 heavy (non-hydrogen) atoms. The molecule has 0 bridgehead atoms. The molecule has 0 saturated heterocycles. The number of carbonyl (C=O) groups is 1. The van der Waals surface area contributed by atoms with Gasteiger partial charge in [0.25, 0.3) is 0 Å². The molecule has 2 nitrogen and oxygen atoms in total. The van der Waals surface area contributed by atoms with E-state index < -0.39 is 0 Å². The van der Waals surface area contributed by atoms with Crippen LogP contribution < -0.4 is 5.32 Å². The zero-order valence-electron chi connectivity index (χ0n) is 14.2. The maximum Gasteiger partial charge on any atom is 0.231 e. The Morgan fingerprint density at radius 3 is 2.19 bits per heavy atom. The highest BCUT2D eigenvalue weighted by Gasteiger charge is 2.48. The van der Waals surface area contributed by atoms with E-state index in [0.717, 1.165) is 31.4 Å². The Kier molecular flexibility index (Phi) is 4.46. The van der Waals surface area contributed by atoms with E-state index >= 15 is 0 Å². The van der Waals surface area contributed by atoms with Gasteiger partial charge in [-0.3, -0.25) is 4.79 Å². The first-order chi connectivity index (χ1) is 9.76. The van der Waals surface area contributed by atoms with Gasteiger partial charge in [0.2, 0.25) is 5.91 Å². The van der Waals surface area contributed by atoms with Gasteiger partial charge in [-0.05, 0) is 55.4 Å². The Morgan fingerprint density at radius 1 is 1.05 bits per heavy atom. The highest BCUT2D eigenvalue weighted by molar-refractivity contribution is 5.96. The first kappa shape index (κ1) is 16.1. The van der Waals surface area contributed by atoms with Crippen LogP contribution in [0, 0.1) is 24.7 Å². The maximum absolute atomic E-state index is 13.0. The predicted molar refractivity (Wildman–Crippen MR) is 89.5 cm³/mol. The van der Waals surface area contributed by atoms with Crippen LogP contribution in [0.1, 0.15) is 64.0 Å². The van der Waals surface area contributed by atoms with Gasteiger partial charge in [0.05, 0.1) is 5.41 Å². The van der Waals surface area contributed by atoms with Crippen LogP contribution in [0.4, 0.5) is 5.69 Å². The van der Waals surface area contributed by atoms with Crippen LogP contribution in [-0.2, 0) is 4.79 Å². The Hall–Kier alpha value is -1.31. The average molecular weight is 287 g/mol. The van der Waals surface area contributed by atoms with Crippen molar-refractivity contribution in [2.75, 3.05) is 5.32 Å². The zero-order valence-corrected chi connectivity index (χ0v) is 14.2. The molecular weight excluding hydrogens is 258 g/mol. The van der Waals surface area contributed by atoms with Crippen molar-refractivity contribution in [1.82, 2.24) is 0 Å². The van der Waals surface area contributed by atoms with E-state index in [1.165, 1.54) is 17.5 Å². The Labute approximate surface area is 129 Å². The Morgan fingerprint density at radius 2 is 1.67 bits per heavy atom. The molecule has 0 radical (unpaired) electrons. The van der Waals surface area contributed by atoms with E-state index in [1.54, 1.807) is 0 Å². The van der Waals surface area contributed by atoms with E-state index in [1.807, 2.05) is 6.07 Å². The third-order valence-electron chi connectivity index (χ3n) is 5.34. The molecule has 1 saturated carbocycles. The van der Waals surface area contributed by atoms with Crippen molar-refractivity contribution in [2.24, 2.45) is 10.8 Å². The fourth-order valence-electron chi connectivity index (χ4n) is 3.54. The SMILES string of the molecule is Cc1ccc(NC(=O)C2(C(C)(C)C)CCCCC2)cc1C. The molecular formula is C19H29NO.